The number of esters is 1. The average Bonchev–Trinajstić information content (AvgIpc) is 1.98. The van der Waals surface area contributed by atoms with Gasteiger partial charge in [-0.3, -0.25) is 0 Å². The van der Waals surface area contributed by atoms with E-state index in [1.165, 1.54) is 7.11 Å². The number of rotatable bonds is 4. The molecule has 0 fully saturated rings. The van der Waals surface area contributed by atoms with Crippen LogP contribution in [0.2, 0.25) is 0 Å². The van der Waals surface area contributed by atoms with Gasteiger partial charge >= 0.3 is 5.97 Å². The molecule has 3 heteroatoms. The zero-order valence-electron chi connectivity index (χ0n) is 6.02. The van der Waals surface area contributed by atoms with E-state index in [1.54, 1.807) is 0 Å². The summed E-state index contributed by atoms with van der Waals surface area (Å²) in [7, 11) is 1.34. The molecule has 0 atom stereocenters. The van der Waals surface area contributed by atoms with Gasteiger partial charge in [-0.2, -0.15) is 0 Å². The summed E-state index contributed by atoms with van der Waals surface area (Å²) in [4.78, 5) is 10.7. The summed E-state index contributed by atoms with van der Waals surface area (Å²) >= 11 is 5.40. The van der Waals surface area contributed by atoms with E-state index in [2.05, 4.69) is 11.3 Å². The lowest BCUT2D eigenvalue weighted by Crippen LogP contribution is -2.03. The van der Waals surface area contributed by atoms with Crippen LogP contribution in [0.15, 0.2) is 12.2 Å². The Bertz CT molecular complexity index is 132. The van der Waals surface area contributed by atoms with Gasteiger partial charge in [0.05, 0.1) is 7.11 Å². The summed E-state index contributed by atoms with van der Waals surface area (Å²) in [5.74, 6) is 0.209. The van der Waals surface area contributed by atoms with Crippen LogP contribution in [0.3, 0.4) is 0 Å². The molecule has 0 heterocycles. The number of alkyl halides is 1. The largest absolute Gasteiger partial charge is 0.466 e. The highest BCUT2D eigenvalue weighted by molar-refractivity contribution is 6.17. The number of ether oxygens (including phenoxy) is 1. The first-order valence-electron chi connectivity index (χ1n) is 3.04. The van der Waals surface area contributed by atoms with Crippen LogP contribution in [-0.4, -0.2) is 19.0 Å². The van der Waals surface area contributed by atoms with Crippen LogP contribution in [0.5, 0.6) is 0 Å². The summed E-state index contributed by atoms with van der Waals surface area (Å²) in [5, 5.41) is 0. The lowest BCUT2D eigenvalue weighted by molar-refractivity contribution is -0.136. The Balaban J connectivity index is 3.52. The number of hydrogen-bond donors (Lipinski definition) is 0. The number of carbonyl (C=O) groups excluding carboxylic acids is 1. The molecule has 0 N–H and O–H groups in total. The average molecular weight is 163 g/mol. The molecule has 0 aliphatic carbocycles. The predicted octanol–water partition coefficient (Wildman–Crippen LogP) is 1.73. The molecule has 0 saturated heterocycles. The molecule has 10 heavy (non-hydrogen) atoms. The first-order chi connectivity index (χ1) is 4.72. The molecule has 0 spiro atoms. The van der Waals surface area contributed by atoms with E-state index in [0.717, 1.165) is 6.42 Å². The Morgan fingerprint density at radius 2 is 2.30 bits per heavy atom. The van der Waals surface area contributed by atoms with E-state index in [4.69, 9.17) is 11.6 Å². The molecular weight excluding hydrogens is 152 g/mol. The van der Waals surface area contributed by atoms with Crippen molar-refractivity contribution in [3.63, 3.8) is 0 Å². The van der Waals surface area contributed by atoms with Gasteiger partial charge in [0.1, 0.15) is 0 Å². The van der Waals surface area contributed by atoms with Crippen LogP contribution in [0.4, 0.5) is 0 Å². The summed E-state index contributed by atoms with van der Waals surface area (Å²) < 4.78 is 4.43. The molecule has 0 saturated carbocycles. The van der Waals surface area contributed by atoms with Gasteiger partial charge in [-0.25, -0.2) is 4.79 Å². The van der Waals surface area contributed by atoms with Crippen molar-refractivity contribution in [1.29, 1.82) is 0 Å². The van der Waals surface area contributed by atoms with E-state index in [9.17, 15) is 4.79 Å². The van der Waals surface area contributed by atoms with Gasteiger partial charge in [-0.15, -0.1) is 11.6 Å². The summed E-state index contributed by atoms with van der Waals surface area (Å²) in [6, 6.07) is 0. The van der Waals surface area contributed by atoms with E-state index in [0.29, 0.717) is 17.9 Å². The molecular formula is C7H11ClO2. The lowest BCUT2D eigenvalue weighted by Gasteiger charge is -1.99. The number of halogens is 1. The lowest BCUT2D eigenvalue weighted by atomic mass is 10.2. The molecule has 0 amide bonds. The summed E-state index contributed by atoms with van der Waals surface area (Å²) in [6.07, 6.45) is 1.39. The Hall–Kier alpha value is -0.500. The third-order valence-corrected chi connectivity index (χ3v) is 1.35. The van der Waals surface area contributed by atoms with Crippen molar-refractivity contribution in [3.05, 3.63) is 12.2 Å². The predicted molar refractivity (Wildman–Crippen MR) is 41.1 cm³/mol. The molecule has 2 nitrogen and oxygen atoms in total. The van der Waals surface area contributed by atoms with Crippen LogP contribution in [-0.2, 0) is 9.53 Å². The molecule has 0 aromatic carbocycles. The maximum atomic E-state index is 10.7. The highest BCUT2D eigenvalue weighted by Crippen LogP contribution is 2.04. The van der Waals surface area contributed by atoms with Crippen molar-refractivity contribution >= 4 is 17.6 Å². The molecule has 0 bridgehead atoms. The Morgan fingerprint density at radius 3 is 2.70 bits per heavy atom. The van der Waals surface area contributed by atoms with Gasteiger partial charge in [-0.05, 0) is 12.8 Å². The van der Waals surface area contributed by atoms with Gasteiger partial charge in [0.25, 0.3) is 0 Å². The molecule has 0 aliphatic rings. The second-order valence-corrected chi connectivity index (χ2v) is 2.27. The molecule has 0 aromatic rings. The SMILES string of the molecule is C=C(CCCCl)C(=O)OC. The van der Waals surface area contributed by atoms with Crippen LogP contribution in [0.25, 0.3) is 0 Å². The van der Waals surface area contributed by atoms with Crippen LogP contribution >= 0.6 is 11.6 Å². The number of carbonyl (C=O) groups is 1. The first-order valence-corrected chi connectivity index (χ1v) is 3.58. The second kappa shape index (κ2) is 5.30. The monoisotopic (exact) mass is 162 g/mol. The standard InChI is InChI=1S/C7H11ClO2/c1-6(4-3-5-8)7(9)10-2/h1,3-5H2,2H3. The maximum Gasteiger partial charge on any atom is 0.333 e. The van der Waals surface area contributed by atoms with Crippen molar-refractivity contribution in [3.8, 4) is 0 Å². The van der Waals surface area contributed by atoms with E-state index in [1.807, 2.05) is 0 Å². The fourth-order valence-electron chi connectivity index (χ4n) is 0.527. The fraction of sp³-hybridized carbons (Fsp3) is 0.571. The summed E-state index contributed by atoms with van der Waals surface area (Å²) in [5.41, 5.74) is 0.489. The van der Waals surface area contributed by atoms with Crippen molar-refractivity contribution in [2.45, 2.75) is 12.8 Å². The maximum absolute atomic E-state index is 10.7. The third-order valence-electron chi connectivity index (χ3n) is 1.09. The van der Waals surface area contributed by atoms with Gasteiger partial charge in [0.15, 0.2) is 0 Å². The van der Waals surface area contributed by atoms with Gasteiger partial charge in [-0.1, -0.05) is 6.58 Å². The molecule has 0 aromatic heterocycles. The van der Waals surface area contributed by atoms with Crippen molar-refractivity contribution in [1.82, 2.24) is 0 Å². The smallest absolute Gasteiger partial charge is 0.333 e. The minimum atomic E-state index is -0.342. The van der Waals surface area contributed by atoms with Crippen molar-refractivity contribution in [2.24, 2.45) is 0 Å². The van der Waals surface area contributed by atoms with Gasteiger partial charge in [0, 0.05) is 11.5 Å². The molecule has 0 rings (SSSR count). The normalized spacial score (nSPS) is 9.00. The topological polar surface area (TPSA) is 26.3 Å². The Morgan fingerprint density at radius 1 is 1.70 bits per heavy atom. The van der Waals surface area contributed by atoms with Gasteiger partial charge in [0.2, 0.25) is 0 Å². The van der Waals surface area contributed by atoms with Gasteiger partial charge < -0.3 is 4.74 Å². The minimum Gasteiger partial charge on any atom is -0.466 e. The van der Waals surface area contributed by atoms with E-state index >= 15 is 0 Å². The van der Waals surface area contributed by atoms with E-state index in [-0.39, 0.29) is 5.97 Å². The fourth-order valence-corrected chi connectivity index (χ4v) is 0.660. The third kappa shape index (κ3) is 3.51. The van der Waals surface area contributed by atoms with E-state index < -0.39 is 0 Å². The first kappa shape index (κ1) is 9.50. The Labute approximate surface area is 65.8 Å². The highest BCUT2D eigenvalue weighted by Gasteiger charge is 2.04. The molecule has 0 unspecified atom stereocenters. The zero-order valence-corrected chi connectivity index (χ0v) is 6.78. The number of methoxy groups -OCH3 is 1. The highest BCUT2D eigenvalue weighted by atomic mass is 35.5. The minimum absolute atomic E-state index is 0.342. The molecule has 0 aliphatic heterocycles. The van der Waals surface area contributed by atoms with Crippen LogP contribution in [0.1, 0.15) is 12.8 Å². The molecule has 0 radical (unpaired) electrons. The van der Waals surface area contributed by atoms with Crippen LogP contribution < -0.4 is 0 Å². The summed E-state index contributed by atoms with van der Waals surface area (Å²) in [6.45, 7) is 3.53. The Kier molecular flexibility index (Phi) is 5.03. The molecule has 58 valence electrons. The quantitative estimate of drug-likeness (QED) is 0.358. The van der Waals surface area contributed by atoms with Crippen LogP contribution in [0, 0.1) is 0 Å². The van der Waals surface area contributed by atoms with Crippen molar-refractivity contribution in [2.75, 3.05) is 13.0 Å². The number of hydrogen-bond acceptors (Lipinski definition) is 2. The van der Waals surface area contributed by atoms with Crippen molar-refractivity contribution < 1.29 is 9.53 Å². The second-order valence-electron chi connectivity index (χ2n) is 1.89. The zero-order chi connectivity index (χ0) is 7.98.